The number of rotatable bonds is 2. The topological polar surface area (TPSA) is 44.5 Å². The fourth-order valence-corrected chi connectivity index (χ4v) is 1.44. The second-order valence-electron chi connectivity index (χ2n) is 4.53. The lowest BCUT2D eigenvalue weighted by Gasteiger charge is -2.24. The molecule has 0 aromatic carbocycles. The van der Waals surface area contributed by atoms with E-state index in [1.54, 1.807) is 0 Å². The molecule has 3 heteroatoms. The minimum absolute atomic E-state index is 0.101. The average molecular weight is 173 g/mol. The van der Waals surface area contributed by atoms with Gasteiger partial charge in [-0.05, 0) is 11.8 Å². The van der Waals surface area contributed by atoms with Gasteiger partial charge in [0.05, 0.1) is 12.2 Å². The highest BCUT2D eigenvalue weighted by Gasteiger charge is 2.31. The second-order valence-corrected chi connectivity index (χ2v) is 4.53. The fraction of sp³-hybridized carbons (Fsp3) is 1.00. The van der Waals surface area contributed by atoms with E-state index in [9.17, 15) is 0 Å². The maximum absolute atomic E-state index is 5.54. The highest BCUT2D eigenvalue weighted by Crippen LogP contribution is 2.27. The Morgan fingerprint density at radius 2 is 1.83 bits per heavy atom. The van der Waals surface area contributed by atoms with Gasteiger partial charge in [0, 0.05) is 6.54 Å². The third-order valence-corrected chi connectivity index (χ3v) is 2.02. The first-order chi connectivity index (χ1) is 5.53. The monoisotopic (exact) mass is 173 g/mol. The van der Waals surface area contributed by atoms with Crippen molar-refractivity contribution >= 4 is 0 Å². The van der Waals surface area contributed by atoms with Crippen LogP contribution in [0.25, 0.3) is 0 Å². The smallest absolute Gasteiger partial charge is 0.147 e. The molecular formula is C9H19NO2. The molecule has 72 valence electrons. The van der Waals surface area contributed by atoms with Crippen molar-refractivity contribution in [2.24, 2.45) is 11.1 Å². The second kappa shape index (κ2) is 3.73. The van der Waals surface area contributed by atoms with E-state index in [2.05, 4.69) is 20.8 Å². The molecule has 1 aliphatic heterocycles. The van der Waals surface area contributed by atoms with Crippen molar-refractivity contribution in [1.82, 2.24) is 0 Å². The molecule has 1 unspecified atom stereocenters. The molecule has 0 saturated carbocycles. The third-order valence-electron chi connectivity index (χ3n) is 2.02. The molecule has 0 aromatic rings. The molecule has 0 amide bonds. The summed E-state index contributed by atoms with van der Waals surface area (Å²) in [6, 6.07) is 0. The zero-order chi connectivity index (χ0) is 9.19. The lowest BCUT2D eigenvalue weighted by atomic mass is 9.87. The van der Waals surface area contributed by atoms with E-state index in [0.717, 1.165) is 6.42 Å². The van der Waals surface area contributed by atoms with Crippen molar-refractivity contribution < 1.29 is 9.47 Å². The standard InChI is InChI=1S/C9H19NO2/c1-9(2,3)4-7-8(5-10)12-6-11-7/h7-8H,4-6,10H2,1-3H3/t7?,8-/m0/s1. The Labute approximate surface area is 74.2 Å². The molecule has 1 heterocycles. The fourth-order valence-electron chi connectivity index (χ4n) is 1.44. The van der Waals surface area contributed by atoms with Crippen LogP contribution >= 0.6 is 0 Å². The Balaban J connectivity index is 2.41. The van der Waals surface area contributed by atoms with E-state index < -0.39 is 0 Å². The van der Waals surface area contributed by atoms with E-state index in [1.165, 1.54) is 0 Å². The average Bonchev–Trinajstić information content (AvgIpc) is 2.31. The minimum atomic E-state index is 0.101. The third kappa shape index (κ3) is 2.73. The summed E-state index contributed by atoms with van der Waals surface area (Å²) in [5, 5.41) is 0. The van der Waals surface area contributed by atoms with E-state index >= 15 is 0 Å². The Kier molecular flexibility index (Phi) is 3.09. The molecule has 1 aliphatic rings. The number of nitrogens with two attached hydrogens (primary N) is 1. The van der Waals surface area contributed by atoms with Gasteiger partial charge in [-0.2, -0.15) is 0 Å². The first-order valence-corrected chi connectivity index (χ1v) is 4.46. The van der Waals surface area contributed by atoms with Gasteiger partial charge >= 0.3 is 0 Å². The van der Waals surface area contributed by atoms with Gasteiger partial charge in [-0.1, -0.05) is 20.8 Å². The lowest BCUT2D eigenvalue weighted by Crippen LogP contribution is -2.33. The maximum Gasteiger partial charge on any atom is 0.147 e. The van der Waals surface area contributed by atoms with Gasteiger partial charge in [-0.15, -0.1) is 0 Å². The zero-order valence-corrected chi connectivity index (χ0v) is 8.17. The van der Waals surface area contributed by atoms with Gasteiger partial charge in [0.2, 0.25) is 0 Å². The SMILES string of the molecule is CC(C)(C)CC1OCO[C@H]1CN. The molecule has 0 aliphatic carbocycles. The van der Waals surface area contributed by atoms with Gasteiger partial charge in [0.25, 0.3) is 0 Å². The molecule has 0 aromatic heterocycles. The number of ether oxygens (including phenoxy) is 2. The molecule has 0 radical (unpaired) electrons. The summed E-state index contributed by atoms with van der Waals surface area (Å²) in [6.45, 7) is 7.55. The van der Waals surface area contributed by atoms with Crippen LogP contribution in [0.3, 0.4) is 0 Å². The van der Waals surface area contributed by atoms with Crippen LogP contribution in [0.15, 0.2) is 0 Å². The summed E-state index contributed by atoms with van der Waals surface area (Å²) in [5.74, 6) is 0. The predicted molar refractivity (Wildman–Crippen MR) is 47.7 cm³/mol. The summed E-state index contributed by atoms with van der Waals surface area (Å²) in [4.78, 5) is 0. The molecule has 2 N–H and O–H groups in total. The number of hydrogen-bond acceptors (Lipinski definition) is 3. The van der Waals surface area contributed by atoms with Gasteiger partial charge < -0.3 is 15.2 Å². The highest BCUT2D eigenvalue weighted by atomic mass is 16.7. The molecule has 3 nitrogen and oxygen atoms in total. The molecule has 1 saturated heterocycles. The van der Waals surface area contributed by atoms with E-state index in [4.69, 9.17) is 15.2 Å². The summed E-state index contributed by atoms with van der Waals surface area (Å²) < 4.78 is 10.7. The van der Waals surface area contributed by atoms with Crippen molar-refractivity contribution in [2.45, 2.75) is 39.4 Å². The van der Waals surface area contributed by atoms with Crippen molar-refractivity contribution in [3.8, 4) is 0 Å². The maximum atomic E-state index is 5.54. The molecule has 1 fully saturated rings. The number of hydrogen-bond donors (Lipinski definition) is 1. The lowest BCUT2D eigenvalue weighted by molar-refractivity contribution is 0.0324. The van der Waals surface area contributed by atoms with Crippen molar-refractivity contribution in [3.05, 3.63) is 0 Å². The summed E-state index contributed by atoms with van der Waals surface area (Å²) >= 11 is 0. The zero-order valence-electron chi connectivity index (χ0n) is 8.17. The molecule has 1 rings (SSSR count). The largest absolute Gasteiger partial charge is 0.349 e. The Hall–Kier alpha value is -0.120. The summed E-state index contributed by atoms with van der Waals surface area (Å²) in [6.07, 6.45) is 1.30. The molecule has 0 bridgehead atoms. The van der Waals surface area contributed by atoms with E-state index in [1.807, 2.05) is 0 Å². The first kappa shape index (κ1) is 9.96. The van der Waals surface area contributed by atoms with Crippen LogP contribution in [0, 0.1) is 5.41 Å². The summed E-state index contributed by atoms with van der Waals surface area (Å²) in [7, 11) is 0. The van der Waals surface area contributed by atoms with Crippen molar-refractivity contribution in [2.75, 3.05) is 13.3 Å². The normalized spacial score (nSPS) is 31.0. The van der Waals surface area contributed by atoms with Crippen LogP contribution in [0.4, 0.5) is 0 Å². The van der Waals surface area contributed by atoms with Crippen LogP contribution < -0.4 is 5.73 Å². The molecule has 0 spiro atoms. The summed E-state index contributed by atoms with van der Waals surface area (Å²) in [5.41, 5.74) is 5.82. The van der Waals surface area contributed by atoms with Crippen LogP contribution in [0.5, 0.6) is 0 Å². The van der Waals surface area contributed by atoms with Crippen molar-refractivity contribution in [3.63, 3.8) is 0 Å². The van der Waals surface area contributed by atoms with E-state index in [0.29, 0.717) is 13.3 Å². The minimum Gasteiger partial charge on any atom is -0.349 e. The first-order valence-electron chi connectivity index (χ1n) is 4.46. The Morgan fingerprint density at radius 3 is 2.33 bits per heavy atom. The van der Waals surface area contributed by atoms with Crippen LogP contribution in [0.2, 0.25) is 0 Å². The van der Waals surface area contributed by atoms with Gasteiger partial charge in [0.15, 0.2) is 0 Å². The van der Waals surface area contributed by atoms with Crippen LogP contribution in [-0.2, 0) is 9.47 Å². The Bertz CT molecular complexity index is 142. The van der Waals surface area contributed by atoms with Crippen LogP contribution in [0.1, 0.15) is 27.2 Å². The highest BCUT2D eigenvalue weighted by molar-refractivity contribution is 4.79. The predicted octanol–water partition coefficient (Wildman–Crippen LogP) is 1.12. The van der Waals surface area contributed by atoms with Crippen LogP contribution in [-0.4, -0.2) is 25.5 Å². The van der Waals surface area contributed by atoms with E-state index in [-0.39, 0.29) is 17.6 Å². The van der Waals surface area contributed by atoms with Gasteiger partial charge in [-0.3, -0.25) is 0 Å². The van der Waals surface area contributed by atoms with Crippen molar-refractivity contribution in [1.29, 1.82) is 0 Å². The molecule has 12 heavy (non-hydrogen) atoms. The molecular weight excluding hydrogens is 154 g/mol. The van der Waals surface area contributed by atoms with Gasteiger partial charge in [-0.25, -0.2) is 0 Å². The van der Waals surface area contributed by atoms with Gasteiger partial charge in [0.1, 0.15) is 6.79 Å². The quantitative estimate of drug-likeness (QED) is 0.680. The molecule has 2 atom stereocenters. The Morgan fingerprint density at radius 1 is 1.25 bits per heavy atom.